The van der Waals surface area contributed by atoms with Crippen LogP contribution in [0.25, 0.3) is 0 Å². The summed E-state index contributed by atoms with van der Waals surface area (Å²) in [5.74, 6) is -2.98. The van der Waals surface area contributed by atoms with Gasteiger partial charge in [0, 0.05) is 13.2 Å². The number of unbranched alkanes of at least 4 members (excludes halogenated alkanes) is 3. The number of hydrogen-bond donors (Lipinski definition) is 3. The molecule has 6 heteroatoms. The fraction of sp³-hybridized carbons (Fsp3) is 0.778. The zero-order valence-electron chi connectivity index (χ0n) is 8.39. The Labute approximate surface area is 87.5 Å². The van der Waals surface area contributed by atoms with E-state index < -0.39 is 18.0 Å². The van der Waals surface area contributed by atoms with E-state index in [4.69, 9.17) is 15.3 Å². The van der Waals surface area contributed by atoms with E-state index in [1.165, 1.54) is 0 Å². The third-order valence-corrected chi connectivity index (χ3v) is 1.79. The van der Waals surface area contributed by atoms with E-state index in [2.05, 4.69) is 4.74 Å². The molecule has 0 aliphatic rings. The first-order chi connectivity index (χ1) is 7.09. The molecule has 88 valence electrons. The first kappa shape index (κ1) is 13.9. The van der Waals surface area contributed by atoms with Gasteiger partial charge in [-0.2, -0.15) is 0 Å². The van der Waals surface area contributed by atoms with Crippen LogP contribution < -0.4 is 0 Å². The summed E-state index contributed by atoms with van der Waals surface area (Å²) >= 11 is 0. The SMILES string of the molecule is O=C(O)C(OCCCCCCO)C(=O)O. The molecule has 6 nitrogen and oxygen atoms in total. The molecule has 0 aliphatic heterocycles. The summed E-state index contributed by atoms with van der Waals surface area (Å²) in [6.07, 6.45) is 1.12. The van der Waals surface area contributed by atoms with Crippen molar-refractivity contribution < 1.29 is 29.6 Å². The molecule has 15 heavy (non-hydrogen) atoms. The molecule has 0 atom stereocenters. The number of rotatable bonds is 9. The second kappa shape index (κ2) is 8.19. The van der Waals surface area contributed by atoms with E-state index in [-0.39, 0.29) is 13.2 Å². The van der Waals surface area contributed by atoms with Crippen LogP contribution in [0.5, 0.6) is 0 Å². The van der Waals surface area contributed by atoms with Crippen LogP contribution in [0.15, 0.2) is 0 Å². The van der Waals surface area contributed by atoms with Crippen molar-refractivity contribution in [2.24, 2.45) is 0 Å². The molecule has 0 radical (unpaired) electrons. The Bertz CT molecular complexity index is 189. The molecule has 0 amide bonds. The van der Waals surface area contributed by atoms with Gasteiger partial charge < -0.3 is 20.1 Å². The van der Waals surface area contributed by atoms with Crippen molar-refractivity contribution in [3.8, 4) is 0 Å². The molecule has 3 N–H and O–H groups in total. The maximum Gasteiger partial charge on any atom is 0.344 e. The summed E-state index contributed by atoms with van der Waals surface area (Å²) in [4.78, 5) is 20.7. The quantitative estimate of drug-likeness (QED) is 0.376. The number of ether oxygens (including phenoxy) is 1. The van der Waals surface area contributed by atoms with Gasteiger partial charge in [0.2, 0.25) is 0 Å². The number of carboxylic acid groups (broad SMARTS) is 2. The highest BCUT2D eigenvalue weighted by Gasteiger charge is 2.25. The molecule has 0 aliphatic carbocycles. The van der Waals surface area contributed by atoms with Gasteiger partial charge in [-0.1, -0.05) is 12.8 Å². The minimum absolute atomic E-state index is 0.106. The lowest BCUT2D eigenvalue weighted by Crippen LogP contribution is -2.32. The highest BCUT2D eigenvalue weighted by Crippen LogP contribution is 2.01. The molecular weight excluding hydrogens is 204 g/mol. The molecule has 0 unspecified atom stereocenters. The summed E-state index contributed by atoms with van der Waals surface area (Å²) < 4.78 is 4.68. The molecule has 0 spiro atoms. The fourth-order valence-electron chi connectivity index (χ4n) is 1.02. The first-order valence-electron chi connectivity index (χ1n) is 4.77. The third-order valence-electron chi connectivity index (χ3n) is 1.79. The van der Waals surface area contributed by atoms with Crippen molar-refractivity contribution in [3.63, 3.8) is 0 Å². The molecule has 0 fully saturated rings. The zero-order chi connectivity index (χ0) is 11.7. The molecular formula is C9H16O6. The van der Waals surface area contributed by atoms with Gasteiger partial charge >= 0.3 is 11.9 Å². The van der Waals surface area contributed by atoms with Crippen LogP contribution in [0, 0.1) is 0 Å². The molecule has 0 saturated heterocycles. The number of aliphatic hydroxyl groups excluding tert-OH is 1. The lowest BCUT2D eigenvalue weighted by Gasteiger charge is -2.08. The maximum absolute atomic E-state index is 10.4. The second-order valence-corrected chi connectivity index (χ2v) is 3.07. The van der Waals surface area contributed by atoms with Crippen molar-refractivity contribution >= 4 is 11.9 Å². The standard InChI is InChI=1S/C9H16O6/c10-5-3-1-2-4-6-15-7(8(11)12)9(13)14/h7,10H,1-6H2,(H,11,12)(H,13,14). The van der Waals surface area contributed by atoms with Gasteiger partial charge in [-0.15, -0.1) is 0 Å². The fourth-order valence-corrected chi connectivity index (χ4v) is 1.02. The van der Waals surface area contributed by atoms with Gasteiger partial charge in [0.25, 0.3) is 6.10 Å². The number of hydrogen-bond acceptors (Lipinski definition) is 4. The van der Waals surface area contributed by atoms with Gasteiger partial charge in [0.15, 0.2) is 0 Å². The van der Waals surface area contributed by atoms with Crippen molar-refractivity contribution in [2.75, 3.05) is 13.2 Å². The van der Waals surface area contributed by atoms with Crippen LogP contribution in [0.1, 0.15) is 25.7 Å². The van der Waals surface area contributed by atoms with Crippen LogP contribution >= 0.6 is 0 Å². The predicted molar refractivity (Wildman–Crippen MR) is 50.6 cm³/mol. The van der Waals surface area contributed by atoms with Crippen molar-refractivity contribution in [2.45, 2.75) is 31.8 Å². The van der Waals surface area contributed by atoms with E-state index >= 15 is 0 Å². The summed E-state index contributed by atoms with van der Waals surface area (Å²) in [5.41, 5.74) is 0. The summed E-state index contributed by atoms with van der Waals surface area (Å²) in [5, 5.41) is 25.4. The van der Waals surface area contributed by atoms with Crippen molar-refractivity contribution in [1.82, 2.24) is 0 Å². The Morgan fingerprint density at radius 2 is 1.53 bits per heavy atom. The van der Waals surface area contributed by atoms with E-state index in [9.17, 15) is 9.59 Å². The number of aliphatic carboxylic acids is 2. The minimum Gasteiger partial charge on any atom is -0.479 e. The summed E-state index contributed by atoms with van der Waals surface area (Å²) in [7, 11) is 0. The average Bonchev–Trinajstić information content (AvgIpc) is 2.15. The third kappa shape index (κ3) is 6.87. The minimum atomic E-state index is -1.78. The molecule has 0 bridgehead atoms. The molecule has 0 heterocycles. The summed E-state index contributed by atoms with van der Waals surface area (Å²) in [6.45, 7) is 0.239. The Kier molecular flexibility index (Phi) is 7.57. The Balaban J connectivity index is 3.55. The van der Waals surface area contributed by atoms with E-state index in [1.807, 2.05) is 0 Å². The van der Waals surface area contributed by atoms with E-state index in [0.29, 0.717) is 12.8 Å². The van der Waals surface area contributed by atoms with E-state index in [1.54, 1.807) is 0 Å². The highest BCUT2D eigenvalue weighted by molar-refractivity contribution is 5.95. The molecule has 0 aromatic carbocycles. The normalized spacial score (nSPS) is 10.5. The van der Waals surface area contributed by atoms with E-state index in [0.717, 1.165) is 12.8 Å². The smallest absolute Gasteiger partial charge is 0.344 e. The zero-order valence-corrected chi connectivity index (χ0v) is 8.39. The van der Waals surface area contributed by atoms with Gasteiger partial charge in [0.05, 0.1) is 0 Å². The lowest BCUT2D eigenvalue weighted by molar-refractivity contribution is -0.165. The van der Waals surface area contributed by atoms with Gasteiger partial charge in [-0.3, -0.25) is 0 Å². The van der Waals surface area contributed by atoms with Crippen molar-refractivity contribution in [3.05, 3.63) is 0 Å². The topological polar surface area (TPSA) is 104 Å². The van der Waals surface area contributed by atoms with Crippen LogP contribution in [0.3, 0.4) is 0 Å². The average molecular weight is 220 g/mol. The van der Waals surface area contributed by atoms with Gasteiger partial charge in [-0.25, -0.2) is 9.59 Å². The van der Waals surface area contributed by atoms with Crippen LogP contribution in [0.4, 0.5) is 0 Å². The number of carbonyl (C=O) groups is 2. The lowest BCUT2D eigenvalue weighted by atomic mass is 10.2. The largest absolute Gasteiger partial charge is 0.479 e. The van der Waals surface area contributed by atoms with Crippen molar-refractivity contribution in [1.29, 1.82) is 0 Å². The highest BCUT2D eigenvalue weighted by atomic mass is 16.5. The molecule has 0 aromatic rings. The van der Waals surface area contributed by atoms with Crippen LogP contribution in [0.2, 0.25) is 0 Å². The number of aliphatic hydroxyl groups is 1. The Morgan fingerprint density at radius 1 is 1.00 bits per heavy atom. The van der Waals surface area contributed by atoms with Crippen LogP contribution in [-0.4, -0.2) is 46.6 Å². The Hall–Kier alpha value is -1.14. The van der Waals surface area contributed by atoms with Crippen LogP contribution in [-0.2, 0) is 14.3 Å². The van der Waals surface area contributed by atoms with Gasteiger partial charge in [-0.05, 0) is 12.8 Å². The Morgan fingerprint density at radius 3 is 2.00 bits per heavy atom. The molecule has 0 saturated carbocycles. The van der Waals surface area contributed by atoms with Gasteiger partial charge in [0.1, 0.15) is 0 Å². The monoisotopic (exact) mass is 220 g/mol. The predicted octanol–water partition coefficient (Wildman–Crippen LogP) is 0.0935. The second-order valence-electron chi connectivity index (χ2n) is 3.07. The maximum atomic E-state index is 10.4. The summed E-state index contributed by atoms with van der Waals surface area (Å²) in [6, 6.07) is 0. The molecule has 0 rings (SSSR count). The molecule has 0 aromatic heterocycles. The number of carboxylic acids is 2. The first-order valence-corrected chi connectivity index (χ1v) is 4.77.